The first-order chi connectivity index (χ1) is 6.45. The van der Waals surface area contributed by atoms with Crippen LogP contribution in [0, 0.1) is 0 Å². The van der Waals surface area contributed by atoms with Crippen LogP contribution in [0.2, 0.25) is 0 Å². The van der Waals surface area contributed by atoms with Gasteiger partial charge in [0.1, 0.15) is 6.33 Å². The second-order valence-corrected chi connectivity index (χ2v) is 2.97. The van der Waals surface area contributed by atoms with Gasteiger partial charge in [-0.1, -0.05) is 0 Å². The number of rotatable bonds is 0. The zero-order valence-corrected chi connectivity index (χ0v) is 6.91. The van der Waals surface area contributed by atoms with Gasteiger partial charge in [0.15, 0.2) is 0 Å². The summed E-state index contributed by atoms with van der Waals surface area (Å²) in [6.45, 7) is 0.781. The number of hydrogen-bond donors (Lipinski definition) is 2. The third-order valence-corrected chi connectivity index (χ3v) is 2.23. The zero-order valence-electron chi connectivity index (χ0n) is 6.91. The highest BCUT2D eigenvalue weighted by Gasteiger charge is 2.12. The molecule has 0 radical (unpaired) electrons. The molecule has 1 aromatic carbocycles. The number of benzene rings is 1. The van der Waals surface area contributed by atoms with Crippen LogP contribution in [-0.2, 0) is 0 Å². The standard InChI is InChI=1S/C9H8N4/c1-2-8-9(13-5-12-8)6-3-10-4-11-7(1)6/h1-4,12-13H,5H2. The molecule has 0 saturated carbocycles. The van der Waals surface area contributed by atoms with E-state index < -0.39 is 0 Å². The molecule has 0 unspecified atom stereocenters. The molecule has 0 spiro atoms. The lowest BCUT2D eigenvalue weighted by atomic mass is 10.2. The van der Waals surface area contributed by atoms with Crippen molar-refractivity contribution in [2.45, 2.75) is 0 Å². The van der Waals surface area contributed by atoms with Crippen molar-refractivity contribution < 1.29 is 0 Å². The molecular weight excluding hydrogens is 164 g/mol. The molecule has 0 bridgehead atoms. The molecule has 0 atom stereocenters. The van der Waals surface area contributed by atoms with Crippen LogP contribution in [0.5, 0.6) is 0 Å². The summed E-state index contributed by atoms with van der Waals surface area (Å²) in [7, 11) is 0. The third kappa shape index (κ3) is 0.853. The largest absolute Gasteiger partial charge is 0.366 e. The molecule has 1 aliphatic rings. The zero-order chi connectivity index (χ0) is 8.67. The minimum atomic E-state index is 0.781. The maximum atomic E-state index is 4.18. The molecule has 0 fully saturated rings. The molecule has 2 N–H and O–H groups in total. The Labute approximate surface area is 75.0 Å². The van der Waals surface area contributed by atoms with Crippen LogP contribution >= 0.6 is 0 Å². The van der Waals surface area contributed by atoms with E-state index in [1.165, 1.54) is 0 Å². The van der Waals surface area contributed by atoms with Crippen molar-refractivity contribution in [2.75, 3.05) is 17.3 Å². The van der Waals surface area contributed by atoms with E-state index in [0.29, 0.717) is 0 Å². The molecule has 0 saturated heterocycles. The minimum Gasteiger partial charge on any atom is -0.366 e. The molecule has 1 aromatic heterocycles. The van der Waals surface area contributed by atoms with E-state index >= 15 is 0 Å². The minimum absolute atomic E-state index is 0.781. The van der Waals surface area contributed by atoms with Crippen molar-refractivity contribution in [1.82, 2.24) is 9.97 Å². The lowest BCUT2D eigenvalue weighted by molar-refractivity contribution is 1.22. The van der Waals surface area contributed by atoms with Crippen LogP contribution in [0.25, 0.3) is 10.9 Å². The van der Waals surface area contributed by atoms with Crippen molar-refractivity contribution in [2.24, 2.45) is 0 Å². The SMILES string of the molecule is c1ncc2c3c(ccc2n1)NCN3. The Balaban J connectivity index is 2.43. The van der Waals surface area contributed by atoms with Gasteiger partial charge in [-0.2, -0.15) is 0 Å². The number of anilines is 2. The normalized spacial score (nSPS) is 13.5. The maximum Gasteiger partial charge on any atom is 0.116 e. The summed E-state index contributed by atoms with van der Waals surface area (Å²) < 4.78 is 0. The van der Waals surface area contributed by atoms with Gasteiger partial charge in [0.2, 0.25) is 0 Å². The van der Waals surface area contributed by atoms with E-state index in [9.17, 15) is 0 Å². The summed E-state index contributed by atoms with van der Waals surface area (Å²) >= 11 is 0. The van der Waals surface area contributed by atoms with Gasteiger partial charge in [-0.3, -0.25) is 0 Å². The number of hydrogen-bond acceptors (Lipinski definition) is 4. The van der Waals surface area contributed by atoms with Crippen LogP contribution in [0.4, 0.5) is 11.4 Å². The summed E-state index contributed by atoms with van der Waals surface area (Å²) in [5, 5.41) is 7.55. The first-order valence-corrected chi connectivity index (χ1v) is 4.15. The van der Waals surface area contributed by atoms with Gasteiger partial charge in [-0.15, -0.1) is 0 Å². The Kier molecular flexibility index (Phi) is 1.19. The average Bonchev–Trinajstić information content (AvgIpc) is 2.65. The fourth-order valence-electron chi connectivity index (χ4n) is 1.62. The maximum absolute atomic E-state index is 4.18. The summed E-state index contributed by atoms with van der Waals surface area (Å²) in [5.74, 6) is 0. The van der Waals surface area contributed by atoms with Gasteiger partial charge < -0.3 is 10.6 Å². The van der Waals surface area contributed by atoms with E-state index in [1.807, 2.05) is 18.3 Å². The summed E-state index contributed by atoms with van der Waals surface area (Å²) in [4.78, 5) is 8.19. The molecule has 0 amide bonds. The van der Waals surface area contributed by atoms with Crippen LogP contribution in [0.3, 0.4) is 0 Å². The molecule has 2 heterocycles. The van der Waals surface area contributed by atoms with Gasteiger partial charge in [-0.25, -0.2) is 9.97 Å². The Morgan fingerprint density at radius 2 is 2.23 bits per heavy atom. The fourth-order valence-corrected chi connectivity index (χ4v) is 1.62. The van der Waals surface area contributed by atoms with Crippen molar-refractivity contribution >= 4 is 22.3 Å². The van der Waals surface area contributed by atoms with E-state index in [1.54, 1.807) is 6.33 Å². The van der Waals surface area contributed by atoms with Crippen molar-refractivity contribution in [3.63, 3.8) is 0 Å². The van der Waals surface area contributed by atoms with Crippen molar-refractivity contribution in [3.8, 4) is 0 Å². The predicted molar refractivity (Wildman–Crippen MR) is 51.7 cm³/mol. The Morgan fingerprint density at radius 3 is 3.23 bits per heavy atom. The Morgan fingerprint density at radius 1 is 1.23 bits per heavy atom. The van der Waals surface area contributed by atoms with E-state index in [4.69, 9.17) is 0 Å². The number of nitrogens with zero attached hydrogens (tertiary/aromatic N) is 2. The first kappa shape index (κ1) is 6.65. The van der Waals surface area contributed by atoms with Crippen LogP contribution in [-0.4, -0.2) is 16.6 Å². The van der Waals surface area contributed by atoms with Gasteiger partial charge in [0.05, 0.1) is 23.6 Å². The molecular formula is C9H8N4. The highest BCUT2D eigenvalue weighted by Crippen LogP contribution is 2.32. The van der Waals surface area contributed by atoms with Crippen molar-refractivity contribution in [1.29, 1.82) is 0 Å². The number of nitrogens with one attached hydrogen (secondary N) is 2. The topological polar surface area (TPSA) is 49.8 Å². The van der Waals surface area contributed by atoms with Crippen molar-refractivity contribution in [3.05, 3.63) is 24.7 Å². The average molecular weight is 172 g/mol. The van der Waals surface area contributed by atoms with E-state index in [-0.39, 0.29) is 0 Å². The van der Waals surface area contributed by atoms with Gasteiger partial charge in [0.25, 0.3) is 0 Å². The molecule has 2 aromatic rings. The fraction of sp³-hybridized carbons (Fsp3) is 0.111. The molecule has 4 heteroatoms. The lowest BCUT2D eigenvalue weighted by Gasteiger charge is -2.02. The molecule has 0 aliphatic carbocycles. The van der Waals surface area contributed by atoms with Gasteiger partial charge in [-0.05, 0) is 12.1 Å². The molecule has 3 rings (SSSR count). The van der Waals surface area contributed by atoms with Crippen LogP contribution in [0.1, 0.15) is 0 Å². The monoisotopic (exact) mass is 172 g/mol. The summed E-state index contributed by atoms with van der Waals surface area (Å²) in [5.41, 5.74) is 3.21. The highest BCUT2D eigenvalue weighted by molar-refractivity contribution is 5.99. The van der Waals surface area contributed by atoms with Gasteiger partial charge in [0, 0.05) is 11.6 Å². The molecule has 13 heavy (non-hydrogen) atoms. The quantitative estimate of drug-likeness (QED) is 0.631. The third-order valence-electron chi connectivity index (χ3n) is 2.23. The molecule has 1 aliphatic heterocycles. The van der Waals surface area contributed by atoms with Crippen LogP contribution in [0.15, 0.2) is 24.7 Å². The van der Waals surface area contributed by atoms with E-state index in [0.717, 1.165) is 28.9 Å². The predicted octanol–water partition coefficient (Wildman–Crippen LogP) is 1.42. The first-order valence-electron chi connectivity index (χ1n) is 4.15. The Hall–Kier alpha value is -1.84. The number of fused-ring (bicyclic) bond motifs is 3. The lowest BCUT2D eigenvalue weighted by Crippen LogP contribution is -1.99. The van der Waals surface area contributed by atoms with Crippen LogP contribution < -0.4 is 10.6 Å². The number of aromatic nitrogens is 2. The Bertz CT molecular complexity index is 466. The molecule has 64 valence electrons. The highest BCUT2D eigenvalue weighted by atomic mass is 15.1. The second kappa shape index (κ2) is 2.32. The van der Waals surface area contributed by atoms with Gasteiger partial charge >= 0.3 is 0 Å². The smallest absolute Gasteiger partial charge is 0.116 e. The molecule has 4 nitrogen and oxygen atoms in total. The second-order valence-electron chi connectivity index (χ2n) is 2.97. The van der Waals surface area contributed by atoms with E-state index in [2.05, 4.69) is 20.6 Å². The summed E-state index contributed by atoms with van der Waals surface area (Å²) in [6.07, 6.45) is 3.40. The summed E-state index contributed by atoms with van der Waals surface area (Å²) in [6, 6.07) is 4.03.